The van der Waals surface area contributed by atoms with Crippen LogP contribution in [0.25, 0.3) is 0 Å². The third-order valence-electron chi connectivity index (χ3n) is 4.82. The molecule has 1 aliphatic rings. The van der Waals surface area contributed by atoms with Crippen LogP contribution in [-0.4, -0.2) is 10.9 Å². The van der Waals surface area contributed by atoms with Gasteiger partial charge in [-0.15, -0.1) is 11.3 Å². The van der Waals surface area contributed by atoms with E-state index >= 15 is 0 Å². The number of carbonyl (C=O) groups excluding carboxylic acids is 1. The van der Waals surface area contributed by atoms with Gasteiger partial charge < -0.3 is 15.8 Å². The summed E-state index contributed by atoms with van der Waals surface area (Å²) >= 11 is 1.46. The minimum atomic E-state index is -0.0562. The summed E-state index contributed by atoms with van der Waals surface area (Å²) in [6, 6.07) is 16.1. The number of ether oxygens (including phenoxy) is 1. The van der Waals surface area contributed by atoms with Crippen molar-refractivity contribution < 1.29 is 9.53 Å². The number of anilines is 1. The lowest BCUT2D eigenvalue weighted by molar-refractivity contribution is -0.121. The van der Waals surface area contributed by atoms with Gasteiger partial charge in [0, 0.05) is 17.2 Å². The number of benzene rings is 2. The third-order valence-corrected chi connectivity index (χ3v) is 5.86. The Hall–Kier alpha value is -2.86. The molecule has 138 valence electrons. The number of rotatable bonds is 4. The lowest BCUT2D eigenvalue weighted by Gasteiger charge is -2.15. The molecule has 4 rings (SSSR count). The van der Waals surface area contributed by atoms with Crippen molar-refractivity contribution in [2.24, 2.45) is 0 Å². The largest absolute Gasteiger partial charge is 0.489 e. The van der Waals surface area contributed by atoms with E-state index < -0.39 is 0 Å². The molecule has 27 heavy (non-hydrogen) atoms. The van der Waals surface area contributed by atoms with Gasteiger partial charge >= 0.3 is 0 Å². The molecule has 0 radical (unpaired) electrons. The average Bonchev–Trinajstić information content (AvgIpc) is 2.97. The number of carbonyl (C=O) groups is 1. The number of fused-ring (bicyclic) bond motifs is 1. The van der Waals surface area contributed by atoms with E-state index in [1.165, 1.54) is 16.9 Å². The molecule has 0 aliphatic carbocycles. The van der Waals surface area contributed by atoms with Crippen LogP contribution in [0.5, 0.6) is 5.75 Å². The first-order valence-electron chi connectivity index (χ1n) is 8.89. The number of nitrogens with one attached hydrogen (secondary N) is 1. The smallest absolute Gasteiger partial charge is 0.221 e. The summed E-state index contributed by atoms with van der Waals surface area (Å²) in [7, 11) is 0. The summed E-state index contributed by atoms with van der Waals surface area (Å²) in [6.45, 7) is 3.02. The predicted molar refractivity (Wildman–Crippen MR) is 107 cm³/mol. The molecular weight excluding hydrogens is 358 g/mol. The van der Waals surface area contributed by atoms with Crippen molar-refractivity contribution in [2.45, 2.75) is 32.4 Å². The van der Waals surface area contributed by atoms with Crippen molar-refractivity contribution in [3.05, 3.63) is 75.8 Å². The molecule has 0 saturated carbocycles. The highest BCUT2D eigenvalue weighted by Crippen LogP contribution is 2.38. The molecule has 0 saturated heterocycles. The van der Waals surface area contributed by atoms with Crippen molar-refractivity contribution in [3.63, 3.8) is 0 Å². The van der Waals surface area contributed by atoms with Gasteiger partial charge in [0.2, 0.25) is 5.91 Å². The Morgan fingerprint density at radius 2 is 2.11 bits per heavy atom. The fourth-order valence-electron chi connectivity index (χ4n) is 3.34. The zero-order valence-corrected chi connectivity index (χ0v) is 15.9. The van der Waals surface area contributed by atoms with Crippen LogP contribution in [0.1, 0.15) is 39.6 Å². The van der Waals surface area contributed by atoms with Crippen molar-refractivity contribution >= 4 is 22.4 Å². The molecule has 0 unspecified atom stereocenters. The summed E-state index contributed by atoms with van der Waals surface area (Å²) in [5, 5.41) is 3.43. The predicted octanol–water partition coefficient (Wildman–Crippen LogP) is 3.76. The maximum absolute atomic E-state index is 12.2. The molecule has 1 amide bonds. The molecule has 3 aromatic rings. The van der Waals surface area contributed by atoms with Crippen LogP contribution in [0, 0.1) is 6.92 Å². The van der Waals surface area contributed by atoms with Crippen LogP contribution in [0.15, 0.2) is 48.5 Å². The number of thiazole rings is 1. The Labute approximate surface area is 162 Å². The van der Waals surface area contributed by atoms with Crippen molar-refractivity contribution in [3.8, 4) is 5.75 Å². The molecule has 3 N–H and O–H groups in total. The fraction of sp³-hybridized carbons (Fsp3) is 0.238. The molecule has 1 atom stereocenters. The average molecular weight is 379 g/mol. The Bertz CT molecular complexity index is 983. The number of hydrogen-bond acceptors (Lipinski definition) is 5. The number of nitrogens with two attached hydrogens (primary N) is 1. The molecule has 0 fully saturated rings. The first-order chi connectivity index (χ1) is 13.1. The second-order valence-corrected chi connectivity index (χ2v) is 7.75. The van der Waals surface area contributed by atoms with Gasteiger partial charge in [-0.1, -0.05) is 36.4 Å². The highest BCUT2D eigenvalue weighted by Gasteiger charge is 2.27. The number of nitrogens with zero attached hydrogens (tertiary/aromatic N) is 1. The van der Waals surface area contributed by atoms with E-state index in [2.05, 4.69) is 29.4 Å². The van der Waals surface area contributed by atoms with E-state index in [0.29, 0.717) is 24.7 Å². The Kier molecular flexibility index (Phi) is 4.81. The zero-order chi connectivity index (χ0) is 18.8. The van der Waals surface area contributed by atoms with Gasteiger partial charge in [-0.05, 0) is 35.7 Å². The molecule has 2 aromatic carbocycles. The normalized spacial score (nSPS) is 16.3. The Morgan fingerprint density at radius 3 is 2.96 bits per heavy atom. The van der Waals surface area contributed by atoms with Gasteiger partial charge in [-0.3, -0.25) is 4.79 Å². The first kappa shape index (κ1) is 17.5. The summed E-state index contributed by atoms with van der Waals surface area (Å²) < 4.78 is 6.02. The first-order valence-corrected chi connectivity index (χ1v) is 9.71. The van der Waals surface area contributed by atoms with Gasteiger partial charge in [0.25, 0.3) is 0 Å². The van der Waals surface area contributed by atoms with E-state index in [1.54, 1.807) is 0 Å². The fourth-order valence-corrected chi connectivity index (χ4v) is 4.32. The molecule has 0 bridgehead atoms. The minimum Gasteiger partial charge on any atom is -0.489 e. The van der Waals surface area contributed by atoms with Crippen molar-refractivity contribution in [2.75, 3.05) is 5.73 Å². The van der Waals surface area contributed by atoms with E-state index in [9.17, 15) is 4.79 Å². The highest BCUT2D eigenvalue weighted by molar-refractivity contribution is 7.15. The van der Waals surface area contributed by atoms with Gasteiger partial charge in [0.05, 0.1) is 12.2 Å². The number of hydrogen-bond donors (Lipinski definition) is 2. The van der Waals surface area contributed by atoms with E-state index in [0.717, 1.165) is 27.4 Å². The summed E-state index contributed by atoms with van der Waals surface area (Å²) in [5.41, 5.74) is 10.2. The summed E-state index contributed by atoms with van der Waals surface area (Å²) in [4.78, 5) is 17.6. The SMILES string of the molecule is Cc1ccccc1COc1cccc([C@H]2CC(=O)NCc3nc(N)sc32)c1. The third kappa shape index (κ3) is 3.80. The van der Waals surface area contributed by atoms with Crippen LogP contribution in [0.2, 0.25) is 0 Å². The van der Waals surface area contributed by atoms with Crippen molar-refractivity contribution in [1.29, 1.82) is 0 Å². The van der Waals surface area contributed by atoms with E-state index in [1.807, 2.05) is 36.4 Å². The number of aryl methyl sites for hydroxylation is 1. The van der Waals surface area contributed by atoms with Crippen LogP contribution in [0.4, 0.5) is 5.13 Å². The van der Waals surface area contributed by atoms with E-state index in [4.69, 9.17) is 10.5 Å². The van der Waals surface area contributed by atoms with Crippen LogP contribution in [-0.2, 0) is 17.9 Å². The molecule has 1 aromatic heterocycles. The number of amides is 1. The molecule has 2 heterocycles. The number of aromatic nitrogens is 1. The minimum absolute atomic E-state index is 0.0232. The van der Waals surface area contributed by atoms with E-state index in [-0.39, 0.29) is 11.8 Å². The Balaban J connectivity index is 1.60. The lowest BCUT2D eigenvalue weighted by atomic mass is 9.93. The molecular formula is C21H21N3O2S. The lowest BCUT2D eigenvalue weighted by Crippen LogP contribution is -2.21. The molecule has 0 spiro atoms. The Morgan fingerprint density at radius 1 is 1.26 bits per heavy atom. The standard InChI is InChI=1S/C21H21N3O2S/c1-13-5-2-3-6-15(13)12-26-16-8-4-7-14(9-16)17-10-19(25)23-11-18-20(17)27-21(22)24-18/h2-9,17H,10-12H2,1H3,(H2,22,24)(H,23,25)/t17-/m1/s1. The second kappa shape index (κ2) is 7.40. The topological polar surface area (TPSA) is 77.2 Å². The summed E-state index contributed by atoms with van der Waals surface area (Å²) in [6.07, 6.45) is 0.385. The van der Waals surface area contributed by atoms with Crippen molar-refractivity contribution in [1.82, 2.24) is 10.3 Å². The van der Waals surface area contributed by atoms with Gasteiger partial charge in [0.1, 0.15) is 12.4 Å². The molecule has 1 aliphatic heterocycles. The van der Waals surface area contributed by atoms with Crippen LogP contribution >= 0.6 is 11.3 Å². The van der Waals surface area contributed by atoms with Crippen LogP contribution < -0.4 is 15.8 Å². The highest BCUT2D eigenvalue weighted by atomic mass is 32.1. The van der Waals surface area contributed by atoms with Crippen LogP contribution in [0.3, 0.4) is 0 Å². The van der Waals surface area contributed by atoms with Gasteiger partial charge in [-0.2, -0.15) is 0 Å². The maximum Gasteiger partial charge on any atom is 0.221 e. The number of nitrogen functional groups attached to an aromatic ring is 1. The monoisotopic (exact) mass is 379 g/mol. The van der Waals surface area contributed by atoms with Gasteiger partial charge in [-0.25, -0.2) is 4.98 Å². The quantitative estimate of drug-likeness (QED) is 0.723. The second-order valence-electron chi connectivity index (χ2n) is 6.68. The molecule has 5 nitrogen and oxygen atoms in total. The zero-order valence-electron chi connectivity index (χ0n) is 15.1. The molecule has 6 heteroatoms. The summed E-state index contributed by atoms with van der Waals surface area (Å²) in [5.74, 6) is 0.758. The van der Waals surface area contributed by atoms with Gasteiger partial charge in [0.15, 0.2) is 5.13 Å². The maximum atomic E-state index is 12.2.